The Hall–Kier alpha value is -0.340. The van der Waals surface area contributed by atoms with Gasteiger partial charge in [0.05, 0.1) is 0 Å². The van der Waals surface area contributed by atoms with Gasteiger partial charge in [-0.25, -0.2) is 0 Å². The molecule has 0 bridgehead atoms. The minimum Gasteiger partial charge on any atom is -0.312 e. The van der Waals surface area contributed by atoms with Crippen molar-refractivity contribution in [2.45, 2.75) is 26.3 Å². The van der Waals surface area contributed by atoms with Crippen molar-refractivity contribution in [3.05, 3.63) is 21.4 Å². The molecule has 1 aliphatic rings. The van der Waals surface area contributed by atoms with Crippen molar-refractivity contribution < 1.29 is 0 Å². The second-order valence-electron chi connectivity index (χ2n) is 3.29. The highest BCUT2D eigenvalue weighted by molar-refractivity contribution is 7.10. The van der Waals surface area contributed by atoms with Crippen LogP contribution >= 0.6 is 11.3 Å². The third-order valence-corrected chi connectivity index (χ3v) is 3.71. The Kier molecular flexibility index (Phi) is 1.74. The molecule has 1 nitrogen and oxygen atoms in total. The van der Waals surface area contributed by atoms with Crippen molar-refractivity contribution in [1.29, 1.82) is 0 Å². The van der Waals surface area contributed by atoms with Crippen LogP contribution in [0, 0.1) is 6.92 Å². The van der Waals surface area contributed by atoms with Crippen LogP contribution in [-0.2, 0) is 6.54 Å². The topological polar surface area (TPSA) is 12.0 Å². The van der Waals surface area contributed by atoms with Crippen LogP contribution in [0.5, 0.6) is 0 Å². The van der Waals surface area contributed by atoms with Crippen LogP contribution in [0.3, 0.4) is 0 Å². The summed E-state index contributed by atoms with van der Waals surface area (Å²) in [6, 6.07) is 0. The molecule has 2 heteroatoms. The smallest absolute Gasteiger partial charge is 0.0219 e. The van der Waals surface area contributed by atoms with Gasteiger partial charge in [-0.2, -0.15) is 0 Å². The quantitative estimate of drug-likeness (QED) is 0.625. The number of fused-ring (bicyclic) bond motifs is 1. The summed E-state index contributed by atoms with van der Waals surface area (Å²) in [5.41, 5.74) is 3.01. The van der Waals surface area contributed by atoms with Crippen LogP contribution in [0.2, 0.25) is 0 Å². The molecule has 0 aliphatic carbocycles. The molecule has 0 saturated carbocycles. The molecule has 1 unspecified atom stereocenters. The van der Waals surface area contributed by atoms with Crippen LogP contribution in [0.4, 0.5) is 0 Å². The maximum Gasteiger partial charge on any atom is 0.0219 e. The fourth-order valence-corrected chi connectivity index (χ4v) is 2.77. The molecule has 1 aliphatic heterocycles. The number of hydrogen-bond acceptors (Lipinski definition) is 2. The zero-order valence-corrected chi connectivity index (χ0v) is 7.79. The molecule has 0 spiro atoms. The standard InChI is InChI=1S/C9H13NS/c1-6-3-10-4-8-7(2)5-11-9(6)8/h5-6,10H,3-4H2,1-2H3. The summed E-state index contributed by atoms with van der Waals surface area (Å²) in [4.78, 5) is 1.60. The summed E-state index contributed by atoms with van der Waals surface area (Å²) >= 11 is 1.92. The average Bonchev–Trinajstić information content (AvgIpc) is 2.35. The van der Waals surface area contributed by atoms with E-state index in [1.165, 1.54) is 5.56 Å². The van der Waals surface area contributed by atoms with E-state index in [9.17, 15) is 0 Å². The molecule has 0 fully saturated rings. The van der Waals surface area contributed by atoms with Crippen LogP contribution in [0.25, 0.3) is 0 Å². The van der Waals surface area contributed by atoms with E-state index >= 15 is 0 Å². The van der Waals surface area contributed by atoms with Gasteiger partial charge in [0.2, 0.25) is 0 Å². The fourth-order valence-electron chi connectivity index (χ4n) is 1.63. The molecule has 60 valence electrons. The Morgan fingerprint density at radius 2 is 2.45 bits per heavy atom. The lowest BCUT2D eigenvalue weighted by Crippen LogP contribution is -2.25. The first kappa shape index (κ1) is 7.32. The Balaban J connectivity index is 2.46. The Bertz CT molecular complexity index is 265. The van der Waals surface area contributed by atoms with E-state index in [4.69, 9.17) is 0 Å². The first-order valence-electron chi connectivity index (χ1n) is 4.06. The van der Waals surface area contributed by atoms with E-state index in [-0.39, 0.29) is 0 Å². The van der Waals surface area contributed by atoms with Crippen molar-refractivity contribution in [3.63, 3.8) is 0 Å². The van der Waals surface area contributed by atoms with Crippen molar-refractivity contribution in [2.75, 3.05) is 6.54 Å². The normalized spacial score (nSPS) is 23.3. The minimum absolute atomic E-state index is 0.720. The summed E-state index contributed by atoms with van der Waals surface area (Å²) < 4.78 is 0. The fraction of sp³-hybridized carbons (Fsp3) is 0.556. The van der Waals surface area contributed by atoms with Crippen molar-refractivity contribution >= 4 is 11.3 Å². The summed E-state index contributed by atoms with van der Waals surface area (Å²) in [6.45, 7) is 6.72. The molecule has 0 radical (unpaired) electrons. The number of rotatable bonds is 0. The van der Waals surface area contributed by atoms with Gasteiger partial charge in [-0.1, -0.05) is 6.92 Å². The first-order valence-corrected chi connectivity index (χ1v) is 4.94. The number of hydrogen-bond donors (Lipinski definition) is 1. The van der Waals surface area contributed by atoms with E-state index in [0.717, 1.165) is 19.0 Å². The van der Waals surface area contributed by atoms with Crippen LogP contribution < -0.4 is 5.32 Å². The van der Waals surface area contributed by atoms with Gasteiger partial charge in [-0.15, -0.1) is 11.3 Å². The minimum atomic E-state index is 0.720. The number of thiophene rings is 1. The summed E-state index contributed by atoms with van der Waals surface area (Å²) in [5.74, 6) is 0.720. The monoisotopic (exact) mass is 167 g/mol. The highest BCUT2D eigenvalue weighted by Crippen LogP contribution is 2.31. The third-order valence-electron chi connectivity index (χ3n) is 2.34. The second-order valence-corrected chi connectivity index (χ2v) is 4.20. The van der Waals surface area contributed by atoms with Crippen molar-refractivity contribution in [1.82, 2.24) is 5.32 Å². The molecule has 2 heterocycles. The van der Waals surface area contributed by atoms with Gasteiger partial charge in [-0.3, -0.25) is 0 Å². The van der Waals surface area contributed by atoms with Gasteiger partial charge in [0.25, 0.3) is 0 Å². The van der Waals surface area contributed by atoms with Crippen LogP contribution in [-0.4, -0.2) is 6.54 Å². The lowest BCUT2D eigenvalue weighted by molar-refractivity contribution is 0.579. The van der Waals surface area contributed by atoms with Crippen LogP contribution in [0.15, 0.2) is 5.38 Å². The molecular formula is C9H13NS. The molecule has 0 saturated heterocycles. The van der Waals surface area contributed by atoms with E-state index in [0.29, 0.717) is 0 Å². The molecular weight excluding hydrogens is 154 g/mol. The second kappa shape index (κ2) is 2.61. The van der Waals surface area contributed by atoms with Crippen molar-refractivity contribution in [3.8, 4) is 0 Å². The Labute approximate surface area is 71.4 Å². The zero-order chi connectivity index (χ0) is 7.84. The summed E-state index contributed by atoms with van der Waals surface area (Å²) in [6.07, 6.45) is 0. The number of nitrogens with one attached hydrogen (secondary N) is 1. The molecule has 1 atom stereocenters. The van der Waals surface area contributed by atoms with Gasteiger partial charge >= 0.3 is 0 Å². The predicted octanol–water partition coefficient (Wildman–Crippen LogP) is 2.26. The SMILES string of the molecule is Cc1csc2c1CNCC2C. The maximum atomic E-state index is 3.42. The van der Waals surface area contributed by atoms with Gasteiger partial charge in [0, 0.05) is 23.9 Å². The Morgan fingerprint density at radius 1 is 1.64 bits per heavy atom. The predicted molar refractivity (Wildman–Crippen MR) is 49.2 cm³/mol. The highest BCUT2D eigenvalue weighted by Gasteiger charge is 2.18. The molecule has 0 amide bonds. The number of aryl methyl sites for hydroxylation is 1. The summed E-state index contributed by atoms with van der Waals surface area (Å²) in [7, 11) is 0. The van der Waals surface area contributed by atoms with Gasteiger partial charge in [-0.05, 0) is 23.4 Å². The zero-order valence-electron chi connectivity index (χ0n) is 6.98. The first-order chi connectivity index (χ1) is 5.29. The largest absolute Gasteiger partial charge is 0.312 e. The Morgan fingerprint density at radius 3 is 3.18 bits per heavy atom. The lowest BCUT2D eigenvalue weighted by atomic mass is 10.00. The molecule has 1 aromatic heterocycles. The van der Waals surface area contributed by atoms with E-state index in [1.54, 1.807) is 10.4 Å². The van der Waals surface area contributed by atoms with E-state index < -0.39 is 0 Å². The lowest BCUT2D eigenvalue weighted by Gasteiger charge is -2.19. The molecule has 11 heavy (non-hydrogen) atoms. The van der Waals surface area contributed by atoms with Gasteiger partial charge < -0.3 is 5.32 Å². The third kappa shape index (κ3) is 1.10. The molecule has 2 rings (SSSR count). The van der Waals surface area contributed by atoms with Gasteiger partial charge in [0.1, 0.15) is 0 Å². The van der Waals surface area contributed by atoms with Gasteiger partial charge in [0.15, 0.2) is 0 Å². The van der Waals surface area contributed by atoms with Crippen molar-refractivity contribution in [2.24, 2.45) is 0 Å². The average molecular weight is 167 g/mol. The maximum absolute atomic E-state index is 3.42. The molecule has 0 aromatic carbocycles. The summed E-state index contributed by atoms with van der Waals surface area (Å²) in [5, 5.41) is 5.70. The van der Waals surface area contributed by atoms with E-state index in [2.05, 4.69) is 24.5 Å². The molecule has 1 aromatic rings. The van der Waals surface area contributed by atoms with E-state index in [1.807, 2.05) is 11.3 Å². The highest BCUT2D eigenvalue weighted by atomic mass is 32.1. The van der Waals surface area contributed by atoms with Crippen LogP contribution in [0.1, 0.15) is 28.8 Å². The molecule has 1 N–H and O–H groups in total.